The Morgan fingerprint density at radius 3 is 2.06 bits per heavy atom. The number of nitrogens with one attached hydrogen (secondary N) is 1. The van der Waals surface area contributed by atoms with Crippen molar-refractivity contribution in [2.45, 2.75) is 26.9 Å². The van der Waals surface area contributed by atoms with Gasteiger partial charge in [-0.3, -0.25) is 14.4 Å². The highest BCUT2D eigenvalue weighted by Gasteiger charge is 2.39. The monoisotopic (exact) mass is 478 g/mol. The summed E-state index contributed by atoms with van der Waals surface area (Å²) in [5, 5.41) is 14.4. The lowest BCUT2D eigenvalue weighted by molar-refractivity contribution is 0.0950. The molecular weight excluding hydrogens is 452 g/mol. The van der Waals surface area contributed by atoms with Gasteiger partial charge in [-0.15, -0.1) is 0 Å². The van der Waals surface area contributed by atoms with Gasteiger partial charge >= 0.3 is 0 Å². The SMILES string of the molecule is CC(C)Cn1c2c(c(O)c1-c1ccccc1C(=O)NCc1ccccc1)C(=O)c1ccccc1C2=O. The fraction of sp³-hybridized carbons (Fsp3) is 0.167. The van der Waals surface area contributed by atoms with E-state index in [0.29, 0.717) is 35.5 Å². The van der Waals surface area contributed by atoms with Crippen molar-refractivity contribution in [1.29, 1.82) is 0 Å². The lowest BCUT2D eigenvalue weighted by Crippen LogP contribution is -2.24. The van der Waals surface area contributed by atoms with Crippen molar-refractivity contribution in [3.63, 3.8) is 0 Å². The zero-order valence-electron chi connectivity index (χ0n) is 20.1. The smallest absolute Gasteiger partial charge is 0.252 e. The molecule has 0 saturated carbocycles. The molecule has 2 N–H and O–H groups in total. The third kappa shape index (κ3) is 3.90. The molecule has 0 unspecified atom stereocenters. The third-order valence-electron chi connectivity index (χ3n) is 6.37. The quantitative estimate of drug-likeness (QED) is 0.350. The Hall–Kier alpha value is -4.45. The number of aromatic nitrogens is 1. The third-order valence-corrected chi connectivity index (χ3v) is 6.37. The van der Waals surface area contributed by atoms with Gasteiger partial charge in [0.15, 0.2) is 11.5 Å². The van der Waals surface area contributed by atoms with E-state index in [4.69, 9.17) is 0 Å². The lowest BCUT2D eigenvalue weighted by Gasteiger charge is -2.19. The molecule has 6 nitrogen and oxygen atoms in total. The first kappa shape index (κ1) is 23.3. The minimum atomic E-state index is -0.396. The largest absolute Gasteiger partial charge is 0.505 e. The van der Waals surface area contributed by atoms with E-state index in [0.717, 1.165) is 5.56 Å². The van der Waals surface area contributed by atoms with Crippen molar-refractivity contribution >= 4 is 17.5 Å². The van der Waals surface area contributed by atoms with E-state index < -0.39 is 5.78 Å². The molecule has 0 fully saturated rings. The second-order valence-electron chi connectivity index (χ2n) is 9.34. The number of rotatable bonds is 6. The van der Waals surface area contributed by atoms with Crippen molar-refractivity contribution in [2.75, 3.05) is 0 Å². The molecule has 0 aliphatic heterocycles. The van der Waals surface area contributed by atoms with E-state index in [1.807, 2.05) is 44.2 Å². The summed E-state index contributed by atoms with van der Waals surface area (Å²) in [5.74, 6) is -1.19. The van der Waals surface area contributed by atoms with Gasteiger partial charge in [-0.2, -0.15) is 0 Å². The topological polar surface area (TPSA) is 88.4 Å². The summed E-state index contributed by atoms with van der Waals surface area (Å²) < 4.78 is 1.70. The van der Waals surface area contributed by atoms with E-state index in [-0.39, 0.29) is 40.2 Å². The van der Waals surface area contributed by atoms with E-state index >= 15 is 0 Å². The lowest BCUT2D eigenvalue weighted by atomic mass is 9.87. The molecule has 0 spiro atoms. The first-order valence-electron chi connectivity index (χ1n) is 11.9. The van der Waals surface area contributed by atoms with Gasteiger partial charge < -0.3 is 15.0 Å². The Labute approximate surface area is 209 Å². The van der Waals surface area contributed by atoms with Crippen LogP contribution in [-0.4, -0.2) is 27.1 Å². The fourth-order valence-electron chi connectivity index (χ4n) is 4.78. The molecule has 5 rings (SSSR count). The molecule has 1 aliphatic carbocycles. The molecule has 3 aromatic carbocycles. The van der Waals surface area contributed by atoms with Crippen LogP contribution in [0, 0.1) is 5.92 Å². The van der Waals surface area contributed by atoms with Gasteiger partial charge in [0.25, 0.3) is 5.91 Å². The summed E-state index contributed by atoms with van der Waals surface area (Å²) in [6, 6.07) is 23.2. The zero-order chi connectivity index (χ0) is 25.4. The Morgan fingerprint density at radius 1 is 0.806 bits per heavy atom. The van der Waals surface area contributed by atoms with Gasteiger partial charge in [-0.25, -0.2) is 0 Å². The molecule has 0 atom stereocenters. The van der Waals surface area contributed by atoms with Crippen LogP contribution in [-0.2, 0) is 13.1 Å². The first-order chi connectivity index (χ1) is 17.4. The molecule has 0 saturated heterocycles. The molecule has 36 heavy (non-hydrogen) atoms. The highest BCUT2D eigenvalue weighted by molar-refractivity contribution is 6.29. The van der Waals surface area contributed by atoms with Crippen LogP contribution in [0.4, 0.5) is 0 Å². The molecule has 1 aliphatic rings. The number of nitrogens with zero attached hydrogens (tertiary/aromatic N) is 1. The Balaban J connectivity index is 1.65. The van der Waals surface area contributed by atoms with Crippen LogP contribution in [0.15, 0.2) is 78.9 Å². The molecule has 4 aromatic rings. The van der Waals surface area contributed by atoms with Crippen LogP contribution >= 0.6 is 0 Å². The first-order valence-corrected chi connectivity index (χ1v) is 11.9. The molecule has 0 radical (unpaired) electrons. The van der Waals surface area contributed by atoms with Crippen LogP contribution in [0.5, 0.6) is 5.75 Å². The normalized spacial score (nSPS) is 12.4. The van der Waals surface area contributed by atoms with Crippen molar-refractivity contribution in [2.24, 2.45) is 5.92 Å². The van der Waals surface area contributed by atoms with Crippen LogP contribution in [0.1, 0.15) is 61.7 Å². The molecule has 1 amide bonds. The van der Waals surface area contributed by atoms with Gasteiger partial charge in [0, 0.05) is 35.3 Å². The summed E-state index contributed by atoms with van der Waals surface area (Å²) in [4.78, 5) is 40.3. The second-order valence-corrected chi connectivity index (χ2v) is 9.34. The van der Waals surface area contributed by atoms with Crippen LogP contribution < -0.4 is 5.32 Å². The maximum absolute atomic E-state index is 13.6. The van der Waals surface area contributed by atoms with Gasteiger partial charge in [0.2, 0.25) is 5.78 Å². The average Bonchev–Trinajstić information content (AvgIpc) is 3.17. The maximum Gasteiger partial charge on any atom is 0.252 e. The van der Waals surface area contributed by atoms with Crippen molar-refractivity contribution in [1.82, 2.24) is 9.88 Å². The predicted octanol–water partition coefficient (Wildman–Crippen LogP) is 5.22. The predicted molar refractivity (Wildman–Crippen MR) is 137 cm³/mol. The average molecular weight is 479 g/mol. The Kier molecular flexibility index (Phi) is 6.02. The van der Waals surface area contributed by atoms with Crippen molar-refractivity contribution < 1.29 is 19.5 Å². The summed E-state index contributed by atoms with van der Waals surface area (Å²) in [6.45, 7) is 4.72. The molecular formula is C30H26N2O4. The van der Waals surface area contributed by atoms with Crippen molar-refractivity contribution in [3.8, 4) is 17.0 Å². The Bertz CT molecular complexity index is 1500. The minimum absolute atomic E-state index is 0.00570. The highest BCUT2D eigenvalue weighted by atomic mass is 16.3. The van der Waals surface area contributed by atoms with Gasteiger partial charge in [-0.05, 0) is 17.5 Å². The van der Waals surface area contributed by atoms with E-state index in [1.54, 1.807) is 53.1 Å². The number of benzene rings is 3. The highest BCUT2D eigenvalue weighted by Crippen LogP contribution is 2.43. The molecule has 6 heteroatoms. The van der Waals surface area contributed by atoms with Gasteiger partial charge in [0.1, 0.15) is 5.69 Å². The summed E-state index contributed by atoms with van der Waals surface area (Å²) >= 11 is 0. The van der Waals surface area contributed by atoms with Gasteiger partial charge in [0.05, 0.1) is 11.3 Å². The number of hydrogen-bond donors (Lipinski definition) is 2. The summed E-state index contributed by atoms with van der Waals surface area (Å²) in [7, 11) is 0. The number of hydrogen-bond acceptors (Lipinski definition) is 4. The number of carbonyl (C=O) groups excluding carboxylic acids is 3. The van der Waals surface area contributed by atoms with E-state index in [1.165, 1.54) is 0 Å². The minimum Gasteiger partial charge on any atom is -0.505 e. The van der Waals surface area contributed by atoms with Gasteiger partial charge in [-0.1, -0.05) is 86.6 Å². The molecule has 1 heterocycles. The maximum atomic E-state index is 13.6. The number of amides is 1. The molecule has 1 aromatic heterocycles. The van der Waals surface area contributed by atoms with Crippen molar-refractivity contribution in [3.05, 3.63) is 112 Å². The Morgan fingerprint density at radius 2 is 1.39 bits per heavy atom. The summed E-state index contributed by atoms with van der Waals surface area (Å²) in [6.07, 6.45) is 0. The second kappa shape index (κ2) is 9.30. The van der Waals surface area contributed by atoms with Crippen LogP contribution in [0.3, 0.4) is 0 Å². The standard InChI is InChI=1S/C30H26N2O4/c1-18(2)17-32-25(29(35)24-26(32)28(34)22-14-8-7-13-21(22)27(24)33)20-12-6-9-15-23(20)30(36)31-16-19-10-4-3-5-11-19/h3-15,18,35H,16-17H2,1-2H3,(H,31,36). The molecule has 0 bridgehead atoms. The molecule has 180 valence electrons. The van der Waals surface area contributed by atoms with E-state index in [9.17, 15) is 19.5 Å². The van der Waals surface area contributed by atoms with Crippen LogP contribution in [0.2, 0.25) is 0 Å². The fourth-order valence-corrected chi connectivity index (χ4v) is 4.78. The summed E-state index contributed by atoms with van der Waals surface area (Å²) in [5.41, 5.74) is 2.81. The van der Waals surface area contributed by atoms with E-state index in [2.05, 4.69) is 5.32 Å². The number of ketones is 2. The number of aromatic hydroxyl groups is 1. The van der Waals surface area contributed by atoms with Crippen LogP contribution in [0.25, 0.3) is 11.3 Å². The number of fused-ring (bicyclic) bond motifs is 2. The number of carbonyl (C=O) groups is 3. The zero-order valence-corrected chi connectivity index (χ0v) is 20.1.